The van der Waals surface area contributed by atoms with Gasteiger partial charge in [0.15, 0.2) is 0 Å². The van der Waals surface area contributed by atoms with Gasteiger partial charge in [-0.15, -0.1) is 0 Å². The first kappa shape index (κ1) is 19.4. The Bertz CT molecular complexity index is 565. The Balaban J connectivity index is 1.25. The van der Waals surface area contributed by atoms with E-state index in [0.29, 0.717) is 0 Å². The zero-order valence-electron chi connectivity index (χ0n) is 17.4. The normalized spacial score (nSPS) is 25.1. The molecule has 0 bridgehead atoms. The van der Waals surface area contributed by atoms with E-state index in [2.05, 4.69) is 46.0 Å². The Kier molecular flexibility index (Phi) is 6.86. The zero-order chi connectivity index (χ0) is 18.5. The van der Waals surface area contributed by atoms with Crippen molar-refractivity contribution in [2.45, 2.75) is 64.0 Å². The second-order valence-electron chi connectivity index (χ2n) is 9.37. The number of benzene rings is 1. The predicted octanol–water partition coefficient (Wildman–Crippen LogP) is 4.02. The van der Waals surface area contributed by atoms with Crippen LogP contribution in [0.3, 0.4) is 0 Å². The summed E-state index contributed by atoms with van der Waals surface area (Å²) in [5.74, 6) is 0.886. The maximum Gasteiger partial charge on any atom is 0.0233 e. The Hall–Kier alpha value is -0.900. The topological polar surface area (TPSA) is 9.72 Å². The lowest BCUT2D eigenvalue weighted by Crippen LogP contribution is -2.46. The molecule has 0 radical (unpaired) electrons. The van der Waals surface area contributed by atoms with Crippen molar-refractivity contribution in [1.82, 2.24) is 14.7 Å². The molecular formula is C24H39N3. The van der Waals surface area contributed by atoms with Crippen molar-refractivity contribution in [2.24, 2.45) is 5.92 Å². The molecule has 3 aliphatic heterocycles. The lowest BCUT2D eigenvalue weighted by molar-refractivity contribution is 0.0896. The van der Waals surface area contributed by atoms with E-state index >= 15 is 0 Å². The van der Waals surface area contributed by atoms with Crippen LogP contribution in [0.2, 0.25) is 0 Å². The number of likely N-dealkylation sites (tertiary alicyclic amines) is 3. The SMILES string of the molecule is CN1CCC(Cc2cccc(CN3CCC(N4CCCCC4)CC3)c2)CC1. The van der Waals surface area contributed by atoms with Crippen LogP contribution < -0.4 is 0 Å². The fourth-order valence-electron chi connectivity index (χ4n) is 5.44. The molecule has 3 heteroatoms. The van der Waals surface area contributed by atoms with Crippen LogP contribution in [0.25, 0.3) is 0 Å². The predicted molar refractivity (Wildman–Crippen MR) is 114 cm³/mol. The molecule has 1 aromatic carbocycles. The van der Waals surface area contributed by atoms with Crippen LogP contribution in [0.5, 0.6) is 0 Å². The average Bonchev–Trinajstić information content (AvgIpc) is 2.71. The Morgan fingerprint density at radius 1 is 0.815 bits per heavy atom. The van der Waals surface area contributed by atoms with Crippen molar-refractivity contribution in [2.75, 3.05) is 46.3 Å². The molecule has 0 saturated carbocycles. The van der Waals surface area contributed by atoms with Crippen molar-refractivity contribution in [3.05, 3.63) is 35.4 Å². The summed E-state index contributed by atoms with van der Waals surface area (Å²) >= 11 is 0. The van der Waals surface area contributed by atoms with Crippen LogP contribution in [-0.2, 0) is 13.0 Å². The maximum atomic E-state index is 2.78. The van der Waals surface area contributed by atoms with Gasteiger partial charge in [0.05, 0.1) is 0 Å². The summed E-state index contributed by atoms with van der Waals surface area (Å²) in [6.07, 6.45) is 11.0. The molecule has 0 unspecified atom stereocenters. The molecule has 3 aliphatic rings. The van der Waals surface area contributed by atoms with Gasteiger partial charge in [-0.25, -0.2) is 0 Å². The second kappa shape index (κ2) is 9.54. The zero-order valence-corrected chi connectivity index (χ0v) is 17.4. The van der Waals surface area contributed by atoms with Crippen LogP contribution in [-0.4, -0.2) is 67.1 Å². The number of hydrogen-bond donors (Lipinski definition) is 0. The van der Waals surface area contributed by atoms with Crippen LogP contribution in [0.4, 0.5) is 0 Å². The molecule has 0 aromatic heterocycles. The van der Waals surface area contributed by atoms with Gasteiger partial charge in [0.25, 0.3) is 0 Å². The number of piperidine rings is 3. The minimum atomic E-state index is 0.859. The van der Waals surface area contributed by atoms with Gasteiger partial charge in [0.1, 0.15) is 0 Å². The largest absolute Gasteiger partial charge is 0.306 e. The number of nitrogens with zero attached hydrogens (tertiary/aromatic N) is 3. The van der Waals surface area contributed by atoms with E-state index in [1.54, 1.807) is 5.56 Å². The molecule has 27 heavy (non-hydrogen) atoms. The highest BCUT2D eigenvalue weighted by Gasteiger charge is 2.25. The molecule has 3 saturated heterocycles. The fourth-order valence-corrected chi connectivity index (χ4v) is 5.44. The third-order valence-electron chi connectivity index (χ3n) is 7.22. The summed E-state index contributed by atoms with van der Waals surface area (Å²) in [4.78, 5) is 7.94. The summed E-state index contributed by atoms with van der Waals surface area (Å²) in [6.45, 7) is 8.95. The van der Waals surface area contributed by atoms with Gasteiger partial charge < -0.3 is 9.80 Å². The number of hydrogen-bond acceptors (Lipinski definition) is 3. The first-order valence-corrected chi connectivity index (χ1v) is 11.5. The standard InChI is InChI=1S/C24H39N3/c1-25-14-8-21(9-15-25)18-22-6-5-7-23(19-22)20-26-16-10-24(11-17-26)27-12-3-2-4-13-27/h5-7,19,21,24H,2-4,8-18,20H2,1H3. The summed E-state index contributed by atoms with van der Waals surface area (Å²) in [7, 11) is 2.26. The van der Waals surface area contributed by atoms with E-state index in [1.165, 1.54) is 96.2 Å². The minimum absolute atomic E-state index is 0.859. The van der Waals surface area contributed by atoms with E-state index in [-0.39, 0.29) is 0 Å². The molecular weight excluding hydrogens is 330 g/mol. The third kappa shape index (κ3) is 5.56. The van der Waals surface area contributed by atoms with Gasteiger partial charge in [-0.1, -0.05) is 30.7 Å². The van der Waals surface area contributed by atoms with Crippen molar-refractivity contribution < 1.29 is 0 Å². The Morgan fingerprint density at radius 3 is 2.26 bits per heavy atom. The van der Waals surface area contributed by atoms with E-state index in [4.69, 9.17) is 0 Å². The molecule has 0 amide bonds. The highest BCUT2D eigenvalue weighted by Crippen LogP contribution is 2.24. The van der Waals surface area contributed by atoms with Crippen molar-refractivity contribution in [1.29, 1.82) is 0 Å². The van der Waals surface area contributed by atoms with Gasteiger partial charge >= 0.3 is 0 Å². The summed E-state index contributed by atoms with van der Waals surface area (Å²) < 4.78 is 0. The van der Waals surface area contributed by atoms with Crippen LogP contribution in [0.1, 0.15) is 56.1 Å². The number of rotatable bonds is 5. The molecule has 4 rings (SSSR count). The van der Waals surface area contributed by atoms with Crippen LogP contribution in [0.15, 0.2) is 24.3 Å². The Labute approximate surface area is 166 Å². The molecule has 3 heterocycles. The van der Waals surface area contributed by atoms with Gasteiger partial charge in [0.2, 0.25) is 0 Å². The second-order valence-corrected chi connectivity index (χ2v) is 9.37. The maximum absolute atomic E-state index is 2.78. The molecule has 0 N–H and O–H groups in total. The minimum Gasteiger partial charge on any atom is -0.306 e. The molecule has 150 valence electrons. The Morgan fingerprint density at radius 2 is 1.52 bits per heavy atom. The van der Waals surface area contributed by atoms with E-state index in [9.17, 15) is 0 Å². The molecule has 0 spiro atoms. The fraction of sp³-hybridized carbons (Fsp3) is 0.750. The summed E-state index contributed by atoms with van der Waals surface area (Å²) in [5.41, 5.74) is 3.09. The monoisotopic (exact) mass is 369 g/mol. The lowest BCUT2D eigenvalue weighted by atomic mass is 9.90. The van der Waals surface area contributed by atoms with E-state index in [0.717, 1.165) is 18.5 Å². The van der Waals surface area contributed by atoms with E-state index in [1.807, 2.05) is 0 Å². The highest BCUT2D eigenvalue weighted by molar-refractivity contribution is 5.24. The molecule has 1 aromatic rings. The first-order valence-electron chi connectivity index (χ1n) is 11.5. The molecule has 3 nitrogen and oxygen atoms in total. The molecule has 0 aliphatic carbocycles. The van der Waals surface area contributed by atoms with E-state index < -0.39 is 0 Å². The summed E-state index contributed by atoms with van der Waals surface area (Å²) in [5, 5.41) is 0. The van der Waals surface area contributed by atoms with Gasteiger partial charge in [0, 0.05) is 12.6 Å². The quantitative estimate of drug-likeness (QED) is 0.776. The van der Waals surface area contributed by atoms with Gasteiger partial charge in [-0.2, -0.15) is 0 Å². The van der Waals surface area contributed by atoms with Crippen molar-refractivity contribution >= 4 is 0 Å². The summed E-state index contributed by atoms with van der Waals surface area (Å²) in [6, 6.07) is 10.3. The lowest BCUT2D eigenvalue weighted by Gasteiger charge is -2.40. The van der Waals surface area contributed by atoms with Gasteiger partial charge in [-0.3, -0.25) is 4.90 Å². The average molecular weight is 370 g/mol. The first-order chi connectivity index (χ1) is 13.3. The van der Waals surface area contributed by atoms with Crippen LogP contribution in [0, 0.1) is 5.92 Å². The third-order valence-corrected chi connectivity index (χ3v) is 7.22. The van der Waals surface area contributed by atoms with Crippen LogP contribution >= 0.6 is 0 Å². The molecule has 3 fully saturated rings. The smallest absolute Gasteiger partial charge is 0.0233 e. The highest BCUT2D eigenvalue weighted by atomic mass is 15.2. The van der Waals surface area contributed by atoms with Crippen molar-refractivity contribution in [3.8, 4) is 0 Å². The van der Waals surface area contributed by atoms with Crippen molar-refractivity contribution in [3.63, 3.8) is 0 Å². The molecule has 0 atom stereocenters. The van der Waals surface area contributed by atoms with Gasteiger partial charge in [-0.05, 0) is 108 Å².